The predicted octanol–water partition coefficient (Wildman–Crippen LogP) is 2.77. The molecule has 0 bridgehead atoms. The smallest absolute Gasteiger partial charge is 0.340 e. The summed E-state index contributed by atoms with van der Waals surface area (Å²) in [4.78, 5) is 11.8. The van der Waals surface area contributed by atoms with Crippen molar-refractivity contribution < 1.29 is 18.7 Å². The lowest BCUT2D eigenvalue weighted by molar-refractivity contribution is 0.0473. The summed E-state index contributed by atoms with van der Waals surface area (Å²) in [6.07, 6.45) is 0. The SMILES string of the molecule is COc1cccc(COC(=O)c2cccc(F)c2N)c1. The normalized spacial score (nSPS) is 10.1. The quantitative estimate of drug-likeness (QED) is 0.688. The topological polar surface area (TPSA) is 61.5 Å². The van der Waals surface area contributed by atoms with Crippen LogP contribution in [0.5, 0.6) is 5.75 Å². The molecule has 0 aliphatic heterocycles. The molecule has 0 saturated heterocycles. The van der Waals surface area contributed by atoms with Crippen LogP contribution in [0.15, 0.2) is 42.5 Å². The molecule has 20 heavy (non-hydrogen) atoms. The first kappa shape index (κ1) is 13.9. The van der Waals surface area contributed by atoms with E-state index in [2.05, 4.69) is 0 Å². The number of hydrogen-bond donors (Lipinski definition) is 1. The molecule has 0 atom stereocenters. The Morgan fingerprint density at radius 2 is 2.00 bits per heavy atom. The summed E-state index contributed by atoms with van der Waals surface area (Å²) in [6, 6.07) is 11.1. The monoisotopic (exact) mass is 275 g/mol. The molecule has 0 fully saturated rings. The van der Waals surface area contributed by atoms with Crippen LogP contribution in [-0.4, -0.2) is 13.1 Å². The van der Waals surface area contributed by atoms with E-state index in [1.54, 1.807) is 31.4 Å². The lowest BCUT2D eigenvalue weighted by Crippen LogP contribution is -2.09. The van der Waals surface area contributed by atoms with E-state index >= 15 is 0 Å². The Balaban J connectivity index is 2.06. The molecule has 0 unspecified atom stereocenters. The van der Waals surface area contributed by atoms with Gasteiger partial charge in [0.25, 0.3) is 0 Å². The van der Waals surface area contributed by atoms with Gasteiger partial charge in [-0.05, 0) is 29.8 Å². The van der Waals surface area contributed by atoms with E-state index in [9.17, 15) is 9.18 Å². The van der Waals surface area contributed by atoms with E-state index in [4.69, 9.17) is 15.2 Å². The third-order valence-corrected chi connectivity index (χ3v) is 2.78. The van der Waals surface area contributed by atoms with E-state index in [1.807, 2.05) is 0 Å². The van der Waals surface area contributed by atoms with Crippen LogP contribution in [0.3, 0.4) is 0 Å². The molecule has 0 heterocycles. The number of rotatable bonds is 4. The highest BCUT2D eigenvalue weighted by Crippen LogP contribution is 2.18. The zero-order valence-corrected chi connectivity index (χ0v) is 10.9. The van der Waals surface area contributed by atoms with Crippen LogP contribution in [0, 0.1) is 5.82 Å². The van der Waals surface area contributed by atoms with Crippen molar-refractivity contribution in [3.05, 3.63) is 59.4 Å². The number of anilines is 1. The lowest BCUT2D eigenvalue weighted by atomic mass is 10.2. The molecular weight excluding hydrogens is 261 g/mol. The van der Waals surface area contributed by atoms with Crippen molar-refractivity contribution in [2.75, 3.05) is 12.8 Å². The molecule has 0 aliphatic rings. The van der Waals surface area contributed by atoms with Crippen LogP contribution in [0.4, 0.5) is 10.1 Å². The van der Waals surface area contributed by atoms with Crippen molar-refractivity contribution in [2.45, 2.75) is 6.61 Å². The molecule has 2 rings (SSSR count). The van der Waals surface area contributed by atoms with Crippen LogP contribution in [-0.2, 0) is 11.3 Å². The molecule has 104 valence electrons. The van der Waals surface area contributed by atoms with Gasteiger partial charge in [0.2, 0.25) is 0 Å². The predicted molar refractivity (Wildman–Crippen MR) is 72.9 cm³/mol. The largest absolute Gasteiger partial charge is 0.497 e. The molecule has 0 aromatic heterocycles. The lowest BCUT2D eigenvalue weighted by Gasteiger charge is -2.08. The van der Waals surface area contributed by atoms with E-state index in [-0.39, 0.29) is 17.9 Å². The molecular formula is C15H14FNO3. The summed E-state index contributed by atoms with van der Waals surface area (Å²) in [5.41, 5.74) is 6.09. The maximum Gasteiger partial charge on any atom is 0.340 e. The Morgan fingerprint density at radius 1 is 1.25 bits per heavy atom. The van der Waals surface area contributed by atoms with Gasteiger partial charge >= 0.3 is 5.97 Å². The molecule has 2 aromatic carbocycles. The number of esters is 1. The fourth-order valence-corrected chi connectivity index (χ4v) is 1.70. The Bertz CT molecular complexity index is 628. The molecule has 4 nitrogen and oxygen atoms in total. The molecule has 0 saturated carbocycles. The second-order valence-electron chi connectivity index (χ2n) is 4.13. The standard InChI is InChI=1S/C15H14FNO3/c1-19-11-5-2-4-10(8-11)9-20-15(18)12-6-3-7-13(16)14(12)17/h2-8H,9,17H2,1H3. The van der Waals surface area contributed by atoms with Gasteiger partial charge in [-0.25, -0.2) is 9.18 Å². The average molecular weight is 275 g/mol. The summed E-state index contributed by atoms with van der Waals surface area (Å²) >= 11 is 0. The molecule has 5 heteroatoms. The van der Waals surface area contributed by atoms with Crippen molar-refractivity contribution in [1.29, 1.82) is 0 Å². The third kappa shape index (κ3) is 3.06. The van der Waals surface area contributed by atoms with Gasteiger partial charge < -0.3 is 15.2 Å². The minimum atomic E-state index is -0.662. The van der Waals surface area contributed by atoms with Crippen molar-refractivity contribution in [1.82, 2.24) is 0 Å². The summed E-state index contributed by atoms with van der Waals surface area (Å²) in [7, 11) is 1.55. The number of methoxy groups -OCH3 is 1. The van der Waals surface area contributed by atoms with Crippen molar-refractivity contribution in [2.24, 2.45) is 0 Å². The van der Waals surface area contributed by atoms with Crippen LogP contribution >= 0.6 is 0 Å². The van der Waals surface area contributed by atoms with Gasteiger partial charge in [-0.2, -0.15) is 0 Å². The Labute approximate surface area is 115 Å². The van der Waals surface area contributed by atoms with Gasteiger partial charge in [0.1, 0.15) is 18.2 Å². The summed E-state index contributed by atoms with van der Waals surface area (Å²) < 4.78 is 23.4. The van der Waals surface area contributed by atoms with Crippen molar-refractivity contribution >= 4 is 11.7 Å². The van der Waals surface area contributed by atoms with E-state index in [1.165, 1.54) is 18.2 Å². The van der Waals surface area contributed by atoms with Crippen LogP contribution in [0.1, 0.15) is 15.9 Å². The molecule has 2 N–H and O–H groups in total. The summed E-state index contributed by atoms with van der Waals surface area (Å²) in [6.45, 7) is 0.0615. The minimum Gasteiger partial charge on any atom is -0.497 e. The van der Waals surface area contributed by atoms with Crippen LogP contribution in [0.2, 0.25) is 0 Å². The highest BCUT2D eigenvalue weighted by atomic mass is 19.1. The highest BCUT2D eigenvalue weighted by Gasteiger charge is 2.14. The average Bonchev–Trinajstić information content (AvgIpc) is 2.48. The molecule has 0 spiro atoms. The van der Waals surface area contributed by atoms with Crippen LogP contribution < -0.4 is 10.5 Å². The fraction of sp³-hybridized carbons (Fsp3) is 0.133. The molecule has 0 radical (unpaired) electrons. The first-order chi connectivity index (χ1) is 9.61. The highest BCUT2D eigenvalue weighted by molar-refractivity contribution is 5.95. The van der Waals surface area contributed by atoms with E-state index in [0.717, 1.165) is 5.56 Å². The number of carbonyl (C=O) groups is 1. The first-order valence-electron chi connectivity index (χ1n) is 5.96. The number of nitrogen functional groups attached to an aromatic ring is 1. The number of nitrogens with two attached hydrogens (primary N) is 1. The second kappa shape index (κ2) is 6.06. The maximum absolute atomic E-state index is 13.3. The zero-order valence-electron chi connectivity index (χ0n) is 10.9. The van der Waals surface area contributed by atoms with E-state index in [0.29, 0.717) is 5.75 Å². The molecule has 0 aliphatic carbocycles. The number of benzene rings is 2. The zero-order chi connectivity index (χ0) is 14.5. The number of carbonyl (C=O) groups excluding carboxylic acids is 1. The number of hydrogen-bond acceptors (Lipinski definition) is 4. The van der Waals surface area contributed by atoms with Gasteiger partial charge in [0.05, 0.1) is 18.4 Å². The Kier molecular flexibility index (Phi) is 4.20. The first-order valence-corrected chi connectivity index (χ1v) is 5.96. The second-order valence-corrected chi connectivity index (χ2v) is 4.13. The molecule has 2 aromatic rings. The third-order valence-electron chi connectivity index (χ3n) is 2.78. The van der Waals surface area contributed by atoms with E-state index < -0.39 is 11.8 Å². The number of para-hydroxylation sites is 1. The Hall–Kier alpha value is -2.56. The number of ether oxygens (including phenoxy) is 2. The van der Waals surface area contributed by atoms with Gasteiger partial charge in [-0.15, -0.1) is 0 Å². The van der Waals surface area contributed by atoms with Gasteiger partial charge in [0, 0.05) is 0 Å². The van der Waals surface area contributed by atoms with Crippen LogP contribution in [0.25, 0.3) is 0 Å². The fourth-order valence-electron chi connectivity index (χ4n) is 1.70. The van der Waals surface area contributed by atoms with Gasteiger partial charge in [-0.3, -0.25) is 0 Å². The molecule has 0 amide bonds. The van der Waals surface area contributed by atoms with Gasteiger partial charge in [0.15, 0.2) is 0 Å². The minimum absolute atomic E-state index is 0.0212. The van der Waals surface area contributed by atoms with Crippen molar-refractivity contribution in [3.63, 3.8) is 0 Å². The summed E-state index contributed by atoms with van der Waals surface area (Å²) in [5.74, 6) is -0.630. The number of halogens is 1. The Morgan fingerprint density at radius 3 is 2.75 bits per heavy atom. The van der Waals surface area contributed by atoms with Crippen molar-refractivity contribution in [3.8, 4) is 5.75 Å². The van der Waals surface area contributed by atoms with Gasteiger partial charge in [-0.1, -0.05) is 18.2 Å². The maximum atomic E-state index is 13.3. The summed E-state index contributed by atoms with van der Waals surface area (Å²) in [5, 5.41) is 0.